The Bertz CT molecular complexity index is 698. The van der Waals surface area contributed by atoms with Gasteiger partial charge in [0.15, 0.2) is 0 Å². The van der Waals surface area contributed by atoms with Gasteiger partial charge in [-0.2, -0.15) is 0 Å². The topological polar surface area (TPSA) is 69.7 Å². The zero-order valence-corrected chi connectivity index (χ0v) is 15.0. The molecule has 0 bridgehead atoms. The maximum Gasteiger partial charge on any atom is 0.325 e. The van der Waals surface area contributed by atoms with Crippen molar-refractivity contribution < 1.29 is 14.4 Å². The third-order valence-electron chi connectivity index (χ3n) is 5.19. The molecule has 1 aromatic rings. The number of benzene rings is 1. The Morgan fingerprint density at radius 3 is 2.56 bits per heavy atom. The van der Waals surface area contributed by atoms with Gasteiger partial charge in [-0.25, -0.2) is 4.79 Å². The van der Waals surface area contributed by atoms with Crippen molar-refractivity contribution >= 4 is 17.8 Å². The van der Waals surface area contributed by atoms with Crippen LogP contribution >= 0.6 is 0 Å². The summed E-state index contributed by atoms with van der Waals surface area (Å²) < 4.78 is 0. The highest BCUT2D eigenvalue weighted by atomic mass is 16.2. The first kappa shape index (κ1) is 17.5. The molecular formula is C19H25N3O3. The lowest BCUT2D eigenvalue weighted by molar-refractivity contribution is -0.133. The normalized spacial score (nSPS) is 26.0. The number of carbonyl (C=O) groups excluding carboxylic acids is 3. The van der Waals surface area contributed by atoms with E-state index in [1.807, 2.05) is 0 Å². The first-order chi connectivity index (χ1) is 11.8. The Hall–Kier alpha value is -2.37. The van der Waals surface area contributed by atoms with Crippen LogP contribution in [-0.4, -0.2) is 47.3 Å². The standard InChI is InChI=1S/C19H25N3O3/c1-13-5-4-10-19(11-13)17(24)22(18(25)20-19)12-14-6-8-15(9-7-14)16(23)21(2)3/h6-9,13H,4-5,10-12H2,1-3H3,(H,20,25). The lowest BCUT2D eigenvalue weighted by Crippen LogP contribution is -2.50. The van der Waals surface area contributed by atoms with Gasteiger partial charge < -0.3 is 10.2 Å². The third-order valence-corrected chi connectivity index (χ3v) is 5.19. The number of hydrogen-bond donors (Lipinski definition) is 1. The second-order valence-electron chi connectivity index (χ2n) is 7.50. The highest BCUT2D eigenvalue weighted by Crippen LogP contribution is 2.37. The minimum atomic E-state index is -0.713. The highest BCUT2D eigenvalue weighted by Gasteiger charge is 2.52. The average Bonchev–Trinajstić information content (AvgIpc) is 2.78. The second kappa shape index (κ2) is 6.50. The van der Waals surface area contributed by atoms with Crippen LogP contribution in [0.2, 0.25) is 0 Å². The van der Waals surface area contributed by atoms with Crippen molar-refractivity contribution in [1.29, 1.82) is 0 Å². The van der Waals surface area contributed by atoms with Crippen molar-refractivity contribution in [3.05, 3.63) is 35.4 Å². The molecule has 1 aromatic carbocycles. The number of rotatable bonds is 3. The van der Waals surface area contributed by atoms with Crippen LogP contribution in [0, 0.1) is 5.92 Å². The largest absolute Gasteiger partial charge is 0.345 e. The molecule has 6 heteroatoms. The molecule has 1 N–H and O–H groups in total. The van der Waals surface area contributed by atoms with E-state index in [-0.39, 0.29) is 24.4 Å². The molecule has 4 amide bonds. The number of urea groups is 1. The van der Waals surface area contributed by atoms with Gasteiger partial charge in [0.25, 0.3) is 11.8 Å². The van der Waals surface area contributed by atoms with Gasteiger partial charge in [-0.3, -0.25) is 14.5 Å². The molecule has 0 radical (unpaired) electrons. The van der Waals surface area contributed by atoms with Gasteiger partial charge in [-0.05, 0) is 36.5 Å². The van der Waals surface area contributed by atoms with E-state index in [2.05, 4.69) is 12.2 Å². The van der Waals surface area contributed by atoms with E-state index in [1.54, 1.807) is 38.4 Å². The monoisotopic (exact) mass is 343 g/mol. The predicted molar refractivity (Wildman–Crippen MR) is 93.9 cm³/mol. The molecule has 0 aromatic heterocycles. The van der Waals surface area contributed by atoms with Crippen LogP contribution in [0.1, 0.15) is 48.5 Å². The van der Waals surface area contributed by atoms with E-state index in [1.165, 1.54) is 9.80 Å². The van der Waals surface area contributed by atoms with E-state index in [4.69, 9.17) is 0 Å². The van der Waals surface area contributed by atoms with Crippen molar-refractivity contribution in [2.75, 3.05) is 14.1 Å². The summed E-state index contributed by atoms with van der Waals surface area (Å²) in [4.78, 5) is 40.0. The van der Waals surface area contributed by atoms with Crippen LogP contribution in [0.4, 0.5) is 4.79 Å². The minimum absolute atomic E-state index is 0.0725. The lowest BCUT2D eigenvalue weighted by atomic mass is 9.76. The summed E-state index contributed by atoms with van der Waals surface area (Å²) in [5.41, 5.74) is 0.707. The van der Waals surface area contributed by atoms with E-state index >= 15 is 0 Å². The van der Waals surface area contributed by atoms with Crippen LogP contribution < -0.4 is 5.32 Å². The van der Waals surface area contributed by atoms with E-state index in [0.717, 1.165) is 18.4 Å². The van der Waals surface area contributed by atoms with E-state index in [0.29, 0.717) is 24.3 Å². The molecule has 134 valence electrons. The fourth-order valence-corrected chi connectivity index (χ4v) is 3.87. The second-order valence-corrected chi connectivity index (χ2v) is 7.50. The predicted octanol–water partition coefficient (Wildman–Crippen LogP) is 2.39. The van der Waals surface area contributed by atoms with Crippen LogP contribution in [0.25, 0.3) is 0 Å². The molecule has 6 nitrogen and oxygen atoms in total. The lowest BCUT2D eigenvalue weighted by Gasteiger charge is -2.34. The van der Waals surface area contributed by atoms with Gasteiger partial charge in [0.05, 0.1) is 6.54 Å². The Kier molecular flexibility index (Phi) is 4.54. The van der Waals surface area contributed by atoms with Gasteiger partial charge >= 0.3 is 6.03 Å². The first-order valence-electron chi connectivity index (χ1n) is 8.77. The summed E-state index contributed by atoms with van der Waals surface area (Å²) in [5.74, 6) is 0.253. The summed E-state index contributed by atoms with van der Waals surface area (Å²) in [5, 5.41) is 2.94. The third kappa shape index (κ3) is 3.25. The van der Waals surface area contributed by atoms with Crippen LogP contribution in [-0.2, 0) is 11.3 Å². The van der Waals surface area contributed by atoms with Crippen LogP contribution in [0.15, 0.2) is 24.3 Å². The van der Waals surface area contributed by atoms with Crippen LogP contribution in [0.3, 0.4) is 0 Å². The zero-order chi connectivity index (χ0) is 18.2. The van der Waals surface area contributed by atoms with Gasteiger partial charge in [0, 0.05) is 19.7 Å². The molecule has 2 fully saturated rings. The molecule has 1 aliphatic heterocycles. The van der Waals surface area contributed by atoms with E-state index < -0.39 is 5.54 Å². The quantitative estimate of drug-likeness (QED) is 0.857. The Balaban J connectivity index is 1.73. The molecule has 2 unspecified atom stereocenters. The molecule has 1 saturated heterocycles. The fraction of sp³-hybridized carbons (Fsp3) is 0.526. The number of amides is 4. The molecule has 2 aliphatic rings. The fourth-order valence-electron chi connectivity index (χ4n) is 3.87. The Labute approximate surface area is 148 Å². The van der Waals surface area contributed by atoms with Crippen molar-refractivity contribution in [1.82, 2.24) is 15.1 Å². The molecule has 3 rings (SSSR count). The van der Waals surface area contributed by atoms with Crippen molar-refractivity contribution in [2.45, 2.75) is 44.7 Å². The number of hydrogen-bond acceptors (Lipinski definition) is 3. The SMILES string of the molecule is CC1CCCC2(C1)NC(=O)N(Cc1ccc(C(=O)N(C)C)cc1)C2=O. The summed E-state index contributed by atoms with van der Waals surface area (Å²) >= 11 is 0. The minimum Gasteiger partial charge on any atom is -0.345 e. The number of carbonyl (C=O) groups is 3. The summed E-state index contributed by atoms with van der Waals surface area (Å²) in [6.07, 6.45) is 3.49. The van der Waals surface area contributed by atoms with Gasteiger partial charge in [0.2, 0.25) is 0 Å². The van der Waals surface area contributed by atoms with Gasteiger partial charge in [0.1, 0.15) is 5.54 Å². The summed E-state index contributed by atoms with van der Waals surface area (Å²) in [7, 11) is 3.40. The smallest absolute Gasteiger partial charge is 0.325 e. The molecule has 1 heterocycles. The molecule has 25 heavy (non-hydrogen) atoms. The number of nitrogens with one attached hydrogen (secondary N) is 1. The van der Waals surface area contributed by atoms with Crippen molar-refractivity contribution in [2.24, 2.45) is 5.92 Å². The first-order valence-corrected chi connectivity index (χ1v) is 8.77. The molecule has 2 atom stereocenters. The maximum atomic E-state index is 12.9. The molecule has 1 saturated carbocycles. The van der Waals surface area contributed by atoms with Crippen molar-refractivity contribution in [3.63, 3.8) is 0 Å². The zero-order valence-electron chi connectivity index (χ0n) is 15.0. The molecule has 1 aliphatic carbocycles. The average molecular weight is 343 g/mol. The molecular weight excluding hydrogens is 318 g/mol. The van der Waals surface area contributed by atoms with E-state index in [9.17, 15) is 14.4 Å². The van der Waals surface area contributed by atoms with Gasteiger partial charge in [-0.15, -0.1) is 0 Å². The highest BCUT2D eigenvalue weighted by molar-refractivity contribution is 6.07. The van der Waals surface area contributed by atoms with Gasteiger partial charge in [-0.1, -0.05) is 31.9 Å². The Morgan fingerprint density at radius 1 is 1.28 bits per heavy atom. The van der Waals surface area contributed by atoms with Crippen LogP contribution in [0.5, 0.6) is 0 Å². The number of imide groups is 1. The Morgan fingerprint density at radius 2 is 1.96 bits per heavy atom. The summed E-state index contributed by atoms with van der Waals surface area (Å²) in [6.45, 7) is 2.36. The molecule has 1 spiro atoms. The van der Waals surface area contributed by atoms with Crippen molar-refractivity contribution in [3.8, 4) is 0 Å². The number of nitrogens with zero attached hydrogens (tertiary/aromatic N) is 2. The maximum absolute atomic E-state index is 12.9. The summed E-state index contributed by atoms with van der Waals surface area (Å²) in [6, 6.07) is 6.74.